The molecule has 1 atom stereocenters. The van der Waals surface area contributed by atoms with Crippen LogP contribution in [-0.2, 0) is 14.3 Å². The maximum absolute atomic E-state index is 11.4. The molecule has 90 valence electrons. The molecule has 5 nitrogen and oxygen atoms in total. The second-order valence-corrected chi connectivity index (χ2v) is 3.88. The normalized spacial score (nSPS) is 20.4. The van der Waals surface area contributed by atoms with Crippen molar-refractivity contribution in [1.29, 1.82) is 0 Å². The molecule has 0 aliphatic carbocycles. The van der Waals surface area contributed by atoms with Gasteiger partial charge in [-0.3, -0.25) is 9.59 Å². The van der Waals surface area contributed by atoms with Crippen molar-refractivity contribution in [3.63, 3.8) is 0 Å². The van der Waals surface area contributed by atoms with Crippen molar-refractivity contribution in [1.82, 2.24) is 4.90 Å². The van der Waals surface area contributed by atoms with E-state index in [2.05, 4.69) is 0 Å². The SMILES string of the molecule is O=C(O)CN1CC(c2ccccc2)OCC1=O. The molecule has 1 fully saturated rings. The lowest BCUT2D eigenvalue weighted by Crippen LogP contribution is -2.45. The molecular weight excluding hydrogens is 222 g/mol. The summed E-state index contributed by atoms with van der Waals surface area (Å²) in [6, 6.07) is 9.47. The number of carboxylic acid groups (broad SMARTS) is 1. The molecular formula is C12H13NO4. The maximum atomic E-state index is 11.4. The van der Waals surface area contributed by atoms with E-state index in [-0.39, 0.29) is 31.7 Å². The average Bonchev–Trinajstić information content (AvgIpc) is 2.32. The van der Waals surface area contributed by atoms with Gasteiger partial charge >= 0.3 is 5.97 Å². The molecule has 0 radical (unpaired) electrons. The van der Waals surface area contributed by atoms with Gasteiger partial charge in [0.2, 0.25) is 5.91 Å². The highest BCUT2D eigenvalue weighted by atomic mass is 16.5. The van der Waals surface area contributed by atoms with Crippen LogP contribution in [0.1, 0.15) is 11.7 Å². The lowest BCUT2D eigenvalue weighted by Gasteiger charge is -2.31. The number of aliphatic carboxylic acids is 1. The largest absolute Gasteiger partial charge is 0.480 e. The van der Waals surface area contributed by atoms with Crippen LogP contribution in [0.15, 0.2) is 30.3 Å². The van der Waals surface area contributed by atoms with Crippen LogP contribution >= 0.6 is 0 Å². The fourth-order valence-corrected chi connectivity index (χ4v) is 1.80. The lowest BCUT2D eigenvalue weighted by atomic mass is 10.1. The lowest BCUT2D eigenvalue weighted by molar-refractivity contribution is -0.156. The van der Waals surface area contributed by atoms with Crippen LogP contribution in [-0.4, -0.2) is 41.6 Å². The molecule has 1 aromatic rings. The van der Waals surface area contributed by atoms with Crippen molar-refractivity contribution in [2.24, 2.45) is 0 Å². The summed E-state index contributed by atoms with van der Waals surface area (Å²) in [5.74, 6) is -1.29. The van der Waals surface area contributed by atoms with Crippen LogP contribution < -0.4 is 0 Å². The number of rotatable bonds is 3. The molecule has 1 aliphatic rings. The molecule has 1 amide bonds. The Morgan fingerprint density at radius 2 is 2.12 bits per heavy atom. The van der Waals surface area contributed by atoms with Gasteiger partial charge in [-0.15, -0.1) is 0 Å². The first-order valence-electron chi connectivity index (χ1n) is 5.33. The van der Waals surface area contributed by atoms with E-state index >= 15 is 0 Å². The average molecular weight is 235 g/mol. The molecule has 0 bridgehead atoms. The highest BCUT2D eigenvalue weighted by molar-refractivity contribution is 5.82. The van der Waals surface area contributed by atoms with Gasteiger partial charge in [0.25, 0.3) is 0 Å². The van der Waals surface area contributed by atoms with Gasteiger partial charge in [0.05, 0.1) is 6.54 Å². The Hall–Kier alpha value is -1.88. The zero-order chi connectivity index (χ0) is 12.3. The minimum atomic E-state index is -1.01. The molecule has 2 rings (SSSR count). The molecule has 1 N–H and O–H groups in total. The van der Waals surface area contributed by atoms with Crippen LogP contribution in [0.25, 0.3) is 0 Å². The summed E-state index contributed by atoms with van der Waals surface area (Å²) in [4.78, 5) is 23.4. The van der Waals surface area contributed by atoms with Gasteiger partial charge in [-0.25, -0.2) is 0 Å². The van der Waals surface area contributed by atoms with Crippen LogP contribution in [0.5, 0.6) is 0 Å². The molecule has 1 aromatic carbocycles. The summed E-state index contributed by atoms with van der Waals surface area (Å²) in [5.41, 5.74) is 0.954. The van der Waals surface area contributed by atoms with E-state index in [1.807, 2.05) is 30.3 Å². The van der Waals surface area contributed by atoms with Crippen molar-refractivity contribution in [3.8, 4) is 0 Å². The second-order valence-electron chi connectivity index (χ2n) is 3.88. The number of nitrogens with zero attached hydrogens (tertiary/aromatic N) is 1. The number of amides is 1. The van der Waals surface area contributed by atoms with Crippen molar-refractivity contribution in [2.75, 3.05) is 19.7 Å². The van der Waals surface area contributed by atoms with Gasteiger partial charge in [-0.05, 0) is 5.56 Å². The van der Waals surface area contributed by atoms with E-state index in [1.165, 1.54) is 4.90 Å². The number of hydrogen-bond donors (Lipinski definition) is 1. The Labute approximate surface area is 98.6 Å². The number of carbonyl (C=O) groups excluding carboxylic acids is 1. The fourth-order valence-electron chi connectivity index (χ4n) is 1.80. The third-order valence-electron chi connectivity index (χ3n) is 2.64. The molecule has 5 heteroatoms. The fraction of sp³-hybridized carbons (Fsp3) is 0.333. The Balaban J connectivity index is 2.07. The van der Waals surface area contributed by atoms with Crippen LogP contribution in [0.4, 0.5) is 0 Å². The van der Waals surface area contributed by atoms with Crippen molar-refractivity contribution >= 4 is 11.9 Å². The van der Waals surface area contributed by atoms with Crippen LogP contribution in [0.3, 0.4) is 0 Å². The van der Waals surface area contributed by atoms with E-state index < -0.39 is 5.97 Å². The number of benzene rings is 1. The van der Waals surface area contributed by atoms with E-state index in [4.69, 9.17) is 9.84 Å². The molecule has 0 saturated carbocycles. The summed E-state index contributed by atoms with van der Waals surface area (Å²) in [7, 11) is 0. The predicted molar refractivity (Wildman–Crippen MR) is 59.4 cm³/mol. The number of hydrogen-bond acceptors (Lipinski definition) is 3. The standard InChI is InChI=1S/C12H13NO4/c14-11-8-17-10(6-13(11)7-12(15)16)9-4-2-1-3-5-9/h1-5,10H,6-8H2,(H,15,16). The molecule has 0 spiro atoms. The first-order chi connectivity index (χ1) is 8.16. The third kappa shape index (κ3) is 2.82. The van der Waals surface area contributed by atoms with Gasteiger partial charge in [-0.1, -0.05) is 30.3 Å². The molecule has 17 heavy (non-hydrogen) atoms. The minimum absolute atomic E-state index is 0.0627. The van der Waals surface area contributed by atoms with Gasteiger partial charge < -0.3 is 14.7 Å². The van der Waals surface area contributed by atoms with Gasteiger partial charge in [0, 0.05) is 0 Å². The van der Waals surface area contributed by atoms with Crippen LogP contribution in [0.2, 0.25) is 0 Å². The highest BCUT2D eigenvalue weighted by Crippen LogP contribution is 2.22. The van der Waals surface area contributed by atoms with E-state index in [9.17, 15) is 9.59 Å². The Morgan fingerprint density at radius 3 is 2.76 bits per heavy atom. The summed E-state index contributed by atoms with van der Waals surface area (Å²) in [6.45, 7) is -0.0481. The second kappa shape index (κ2) is 4.97. The Kier molecular flexibility index (Phi) is 3.39. The van der Waals surface area contributed by atoms with Gasteiger partial charge in [0.15, 0.2) is 0 Å². The maximum Gasteiger partial charge on any atom is 0.323 e. The molecule has 1 heterocycles. The third-order valence-corrected chi connectivity index (χ3v) is 2.64. The van der Waals surface area contributed by atoms with Gasteiger partial charge in [-0.2, -0.15) is 0 Å². The number of ether oxygens (including phenoxy) is 1. The number of morpholine rings is 1. The van der Waals surface area contributed by atoms with Crippen LogP contribution in [0, 0.1) is 0 Å². The van der Waals surface area contributed by atoms with Gasteiger partial charge in [0.1, 0.15) is 19.3 Å². The quantitative estimate of drug-likeness (QED) is 0.836. The minimum Gasteiger partial charge on any atom is -0.480 e. The summed E-state index contributed by atoms with van der Waals surface area (Å²) < 4.78 is 5.40. The smallest absolute Gasteiger partial charge is 0.323 e. The van der Waals surface area contributed by atoms with E-state index in [0.29, 0.717) is 0 Å². The Morgan fingerprint density at radius 1 is 1.41 bits per heavy atom. The molecule has 1 aliphatic heterocycles. The first-order valence-corrected chi connectivity index (χ1v) is 5.33. The zero-order valence-corrected chi connectivity index (χ0v) is 9.20. The Bertz CT molecular complexity index is 418. The first kappa shape index (κ1) is 11.6. The molecule has 0 aromatic heterocycles. The topological polar surface area (TPSA) is 66.8 Å². The summed E-state index contributed by atoms with van der Waals surface area (Å²) in [5, 5.41) is 8.71. The van der Waals surface area contributed by atoms with Crippen molar-refractivity contribution < 1.29 is 19.4 Å². The zero-order valence-electron chi connectivity index (χ0n) is 9.20. The summed E-state index contributed by atoms with van der Waals surface area (Å²) in [6.07, 6.45) is -0.242. The van der Waals surface area contributed by atoms with Crippen molar-refractivity contribution in [2.45, 2.75) is 6.10 Å². The van der Waals surface area contributed by atoms with E-state index in [0.717, 1.165) is 5.56 Å². The number of carbonyl (C=O) groups is 2. The van der Waals surface area contributed by atoms with Crippen molar-refractivity contribution in [3.05, 3.63) is 35.9 Å². The molecule has 1 unspecified atom stereocenters. The highest BCUT2D eigenvalue weighted by Gasteiger charge is 2.28. The number of carboxylic acids is 1. The molecule has 1 saturated heterocycles. The van der Waals surface area contributed by atoms with E-state index in [1.54, 1.807) is 0 Å². The predicted octanol–water partition coefficient (Wildman–Crippen LogP) is 0.671. The summed E-state index contributed by atoms with van der Waals surface area (Å²) >= 11 is 0. The monoisotopic (exact) mass is 235 g/mol.